The van der Waals surface area contributed by atoms with Gasteiger partial charge in [0.15, 0.2) is 0 Å². The molecular weight excluding hydrogens is 350 g/mol. The highest BCUT2D eigenvalue weighted by Crippen LogP contribution is 2.19. The van der Waals surface area contributed by atoms with Gasteiger partial charge in [0.05, 0.1) is 19.6 Å². The minimum atomic E-state index is -0.233. The van der Waals surface area contributed by atoms with Gasteiger partial charge in [0, 0.05) is 30.9 Å². The van der Waals surface area contributed by atoms with Crippen molar-refractivity contribution in [2.24, 2.45) is 7.05 Å². The van der Waals surface area contributed by atoms with E-state index in [9.17, 15) is 9.59 Å². The van der Waals surface area contributed by atoms with Crippen molar-refractivity contribution in [2.45, 2.75) is 60.0 Å². The van der Waals surface area contributed by atoms with E-state index in [1.54, 1.807) is 17.7 Å². The van der Waals surface area contributed by atoms with Crippen molar-refractivity contribution >= 4 is 0 Å². The number of hydrogen-bond donors (Lipinski definition) is 0. The number of hydrogen-bond acceptors (Lipinski definition) is 2. The molecule has 0 aliphatic heterocycles. The molecule has 0 fully saturated rings. The highest BCUT2D eigenvalue weighted by Gasteiger charge is 2.23. The quantitative estimate of drug-likeness (QED) is 0.464. The van der Waals surface area contributed by atoms with Crippen LogP contribution in [0.4, 0.5) is 0 Å². The molecule has 1 aromatic heterocycles. The van der Waals surface area contributed by atoms with Crippen LogP contribution < -0.4 is 11.2 Å². The van der Waals surface area contributed by atoms with Crippen LogP contribution in [0, 0.1) is 13.8 Å². The van der Waals surface area contributed by atoms with Crippen molar-refractivity contribution < 1.29 is 4.48 Å². The third-order valence-corrected chi connectivity index (χ3v) is 6.23. The van der Waals surface area contributed by atoms with Gasteiger partial charge in [0.25, 0.3) is 5.56 Å². The van der Waals surface area contributed by atoms with Crippen molar-refractivity contribution in [1.29, 1.82) is 0 Å². The van der Waals surface area contributed by atoms with Crippen LogP contribution in [0.15, 0.2) is 39.9 Å². The second kappa shape index (κ2) is 9.87. The van der Waals surface area contributed by atoms with Crippen LogP contribution in [-0.4, -0.2) is 33.3 Å². The zero-order chi connectivity index (χ0) is 20.7. The molecule has 0 saturated heterocycles. The molecule has 0 aliphatic rings. The zero-order valence-electron chi connectivity index (χ0n) is 18.2. The molecule has 0 N–H and O–H groups in total. The van der Waals surface area contributed by atoms with E-state index in [1.165, 1.54) is 15.7 Å². The largest absolute Gasteiger partial charge is 0.330 e. The van der Waals surface area contributed by atoms with Crippen molar-refractivity contribution in [3.63, 3.8) is 0 Å². The van der Waals surface area contributed by atoms with Gasteiger partial charge in [-0.05, 0) is 52.5 Å². The van der Waals surface area contributed by atoms with E-state index in [1.807, 2.05) is 6.92 Å². The van der Waals surface area contributed by atoms with Gasteiger partial charge >= 0.3 is 5.69 Å². The molecule has 0 amide bonds. The van der Waals surface area contributed by atoms with E-state index in [0.717, 1.165) is 55.6 Å². The Morgan fingerprint density at radius 1 is 0.964 bits per heavy atom. The van der Waals surface area contributed by atoms with Gasteiger partial charge in [-0.2, -0.15) is 0 Å². The monoisotopic (exact) mass is 386 g/mol. The van der Waals surface area contributed by atoms with E-state index in [0.29, 0.717) is 6.54 Å². The topological polar surface area (TPSA) is 44.0 Å². The summed E-state index contributed by atoms with van der Waals surface area (Å²) in [6, 6.07) is 10.2. The normalized spacial score (nSPS) is 11.8. The number of rotatable bonds is 10. The van der Waals surface area contributed by atoms with E-state index in [-0.39, 0.29) is 11.2 Å². The number of quaternary nitrogens is 1. The average molecular weight is 387 g/mol. The lowest BCUT2D eigenvalue weighted by molar-refractivity contribution is -0.938. The van der Waals surface area contributed by atoms with Gasteiger partial charge in [-0.15, -0.1) is 0 Å². The Hall–Kier alpha value is -2.14. The standard InChI is InChI=1S/C23H36N3O2/c1-6-26(7-2,18-21-14-10-9-13-19(21)3)16-12-8-11-15-25-20(4)17-22(27)24(5)23(25)28/h9-10,13-14,17H,6-8,11-12,15-16,18H2,1-5H3/q+1. The Labute approximate surface area is 168 Å². The molecule has 5 heteroatoms. The number of nitrogens with zero attached hydrogens (tertiary/aromatic N) is 3. The summed E-state index contributed by atoms with van der Waals surface area (Å²) < 4.78 is 4.01. The maximum Gasteiger partial charge on any atom is 0.330 e. The maximum atomic E-state index is 12.3. The molecule has 154 valence electrons. The average Bonchev–Trinajstić information content (AvgIpc) is 2.69. The van der Waals surface area contributed by atoms with Crippen molar-refractivity contribution in [1.82, 2.24) is 9.13 Å². The molecule has 0 radical (unpaired) electrons. The Morgan fingerprint density at radius 2 is 1.64 bits per heavy atom. The van der Waals surface area contributed by atoms with Crippen LogP contribution in [0.1, 0.15) is 49.9 Å². The highest BCUT2D eigenvalue weighted by atomic mass is 16.2. The first-order valence-corrected chi connectivity index (χ1v) is 10.5. The molecule has 0 aliphatic carbocycles. The van der Waals surface area contributed by atoms with Gasteiger partial charge < -0.3 is 4.48 Å². The molecular formula is C23H36N3O2+. The third kappa shape index (κ3) is 5.22. The van der Waals surface area contributed by atoms with Crippen LogP contribution in [0.25, 0.3) is 0 Å². The Morgan fingerprint density at radius 3 is 2.29 bits per heavy atom. The van der Waals surface area contributed by atoms with Crippen molar-refractivity contribution in [2.75, 3.05) is 19.6 Å². The molecule has 0 saturated carbocycles. The second-order valence-electron chi connectivity index (χ2n) is 7.96. The minimum absolute atomic E-state index is 0.211. The summed E-state index contributed by atoms with van der Waals surface area (Å²) in [4.78, 5) is 24.0. The van der Waals surface area contributed by atoms with E-state index in [4.69, 9.17) is 0 Å². The molecule has 0 spiro atoms. The molecule has 5 nitrogen and oxygen atoms in total. The Bertz CT molecular complexity index is 891. The lowest BCUT2D eigenvalue weighted by Crippen LogP contribution is -2.47. The van der Waals surface area contributed by atoms with Gasteiger partial charge in [-0.3, -0.25) is 13.9 Å². The summed E-state index contributed by atoms with van der Waals surface area (Å²) in [6.45, 7) is 13.8. The van der Waals surface area contributed by atoms with Crippen LogP contribution in [0.3, 0.4) is 0 Å². The van der Waals surface area contributed by atoms with Gasteiger partial charge in [0.1, 0.15) is 6.54 Å². The van der Waals surface area contributed by atoms with Crippen molar-refractivity contribution in [3.05, 3.63) is 68.0 Å². The molecule has 2 rings (SSSR count). The third-order valence-electron chi connectivity index (χ3n) is 6.23. The first kappa shape index (κ1) is 22.2. The first-order valence-electron chi connectivity index (χ1n) is 10.5. The predicted octanol–water partition coefficient (Wildman–Crippen LogP) is 3.39. The van der Waals surface area contributed by atoms with E-state index < -0.39 is 0 Å². The van der Waals surface area contributed by atoms with Crippen LogP contribution in [0.5, 0.6) is 0 Å². The van der Waals surface area contributed by atoms with E-state index >= 15 is 0 Å². The zero-order valence-corrected chi connectivity index (χ0v) is 18.2. The fourth-order valence-electron chi connectivity index (χ4n) is 3.94. The first-order chi connectivity index (χ1) is 13.3. The lowest BCUT2D eigenvalue weighted by Gasteiger charge is -2.37. The van der Waals surface area contributed by atoms with Crippen LogP contribution >= 0.6 is 0 Å². The summed E-state index contributed by atoms with van der Waals surface area (Å²) in [5, 5.41) is 0. The van der Waals surface area contributed by atoms with Crippen LogP contribution in [0.2, 0.25) is 0 Å². The summed E-state index contributed by atoms with van der Waals surface area (Å²) >= 11 is 0. The minimum Gasteiger partial charge on any atom is -0.320 e. The number of aromatic nitrogens is 2. The summed E-state index contributed by atoms with van der Waals surface area (Å²) in [7, 11) is 1.54. The Balaban J connectivity index is 1.94. The smallest absolute Gasteiger partial charge is 0.320 e. The fourth-order valence-corrected chi connectivity index (χ4v) is 3.94. The molecule has 28 heavy (non-hydrogen) atoms. The van der Waals surface area contributed by atoms with Crippen molar-refractivity contribution in [3.8, 4) is 0 Å². The number of benzene rings is 1. The number of unbranched alkanes of at least 4 members (excludes halogenated alkanes) is 2. The molecule has 0 unspecified atom stereocenters. The number of aryl methyl sites for hydroxylation is 2. The predicted molar refractivity (Wildman–Crippen MR) is 116 cm³/mol. The second-order valence-corrected chi connectivity index (χ2v) is 7.96. The maximum absolute atomic E-state index is 12.3. The van der Waals surface area contributed by atoms with Gasteiger partial charge in [0.2, 0.25) is 0 Å². The highest BCUT2D eigenvalue weighted by molar-refractivity contribution is 5.24. The molecule has 1 aromatic carbocycles. The summed E-state index contributed by atoms with van der Waals surface area (Å²) in [5.41, 5.74) is 3.12. The SMILES string of the molecule is CC[N+](CC)(CCCCCn1c(C)cc(=O)n(C)c1=O)Cc1ccccc1C. The van der Waals surface area contributed by atoms with Crippen LogP contribution in [-0.2, 0) is 20.1 Å². The molecule has 0 atom stereocenters. The van der Waals surface area contributed by atoms with E-state index in [2.05, 4.69) is 45.0 Å². The Kier molecular flexibility index (Phi) is 7.81. The summed E-state index contributed by atoms with van der Waals surface area (Å²) in [6.07, 6.45) is 3.19. The van der Waals surface area contributed by atoms with Gasteiger partial charge in [-0.25, -0.2) is 4.79 Å². The summed E-state index contributed by atoms with van der Waals surface area (Å²) in [5.74, 6) is 0. The fraction of sp³-hybridized carbons (Fsp3) is 0.565. The lowest BCUT2D eigenvalue weighted by atomic mass is 10.1. The molecule has 1 heterocycles. The van der Waals surface area contributed by atoms with Gasteiger partial charge in [-0.1, -0.05) is 24.3 Å². The molecule has 0 bridgehead atoms. The molecule has 2 aromatic rings.